The van der Waals surface area contributed by atoms with Crippen LogP contribution in [0, 0.1) is 0 Å². The molecule has 0 radical (unpaired) electrons. The number of fused-ring (bicyclic) bond motifs is 1. The first-order valence-electron chi connectivity index (χ1n) is 9.74. The van der Waals surface area contributed by atoms with E-state index in [1.807, 2.05) is 32.0 Å². The van der Waals surface area contributed by atoms with Gasteiger partial charge in [0.2, 0.25) is 5.91 Å². The van der Waals surface area contributed by atoms with Crippen molar-refractivity contribution < 1.29 is 9.59 Å². The fourth-order valence-electron chi connectivity index (χ4n) is 3.61. The van der Waals surface area contributed by atoms with Crippen molar-refractivity contribution in [3.63, 3.8) is 0 Å². The van der Waals surface area contributed by atoms with E-state index >= 15 is 0 Å². The quantitative estimate of drug-likeness (QED) is 0.791. The molecule has 0 bridgehead atoms. The number of nitrogens with one attached hydrogen (secondary N) is 1. The van der Waals surface area contributed by atoms with Crippen LogP contribution in [0.3, 0.4) is 0 Å². The number of hydrogen-bond acceptors (Lipinski definition) is 3. The summed E-state index contributed by atoms with van der Waals surface area (Å²) in [6, 6.07) is 12.9. The smallest absolute Gasteiger partial charge is 0.253 e. The molecule has 2 aromatic carbocycles. The van der Waals surface area contributed by atoms with Crippen LogP contribution >= 0.6 is 11.6 Å². The lowest BCUT2D eigenvalue weighted by atomic mass is 10.0. The molecule has 5 nitrogen and oxygen atoms in total. The van der Waals surface area contributed by atoms with E-state index in [9.17, 15) is 9.59 Å². The molecule has 0 fully saturated rings. The minimum absolute atomic E-state index is 0.0251. The first-order valence-corrected chi connectivity index (χ1v) is 10.1. The van der Waals surface area contributed by atoms with Crippen LogP contribution < -0.4 is 10.2 Å². The van der Waals surface area contributed by atoms with Crippen molar-refractivity contribution in [1.29, 1.82) is 0 Å². The molecular formula is C22H26ClN3O2. The van der Waals surface area contributed by atoms with Gasteiger partial charge in [-0.3, -0.25) is 9.59 Å². The SMILES string of the molecule is CCN(CC)C(=O)c1cccc(NC(=O)CN2CCCc3cc(Cl)ccc32)c1. The summed E-state index contributed by atoms with van der Waals surface area (Å²) in [7, 11) is 0. The van der Waals surface area contributed by atoms with Crippen LogP contribution in [-0.4, -0.2) is 42.9 Å². The molecule has 0 unspecified atom stereocenters. The van der Waals surface area contributed by atoms with Crippen molar-refractivity contribution in [2.45, 2.75) is 26.7 Å². The van der Waals surface area contributed by atoms with E-state index in [-0.39, 0.29) is 18.4 Å². The van der Waals surface area contributed by atoms with Gasteiger partial charge in [-0.2, -0.15) is 0 Å². The maximum Gasteiger partial charge on any atom is 0.253 e. The lowest BCUT2D eigenvalue weighted by Gasteiger charge is -2.30. The lowest BCUT2D eigenvalue weighted by molar-refractivity contribution is -0.115. The standard InChI is InChI=1S/C22H26ClN3O2/c1-3-25(4-2)22(28)17-7-5-9-19(14-17)24-21(27)15-26-12-6-8-16-13-18(23)10-11-20(16)26/h5,7,9-11,13-14H,3-4,6,8,12,15H2,1-2H3,(H,24,27). The summed E-state index contributed by atoms with van der Waals surface area (Å²) in [5.41, 5.74) is 3.46. The fraction of sp³-hybridized carbons (Fsp3) is 0.364. The third kappa shape index (κ3) is 4.65. The second kappa shape index (κ2) is 9.11. The summed E-state index contributed by atoms with van der Waals surface area (Å²) in [5, 5.41) is 3.65. The van der Waals surface area contributed by atoms with Gasteiger partial charge in [-0.15, -0.1) is 0 Å². The number of rotatable bonds is 6. The Kier molecular flexibility index (Phi) is 6.57. The average molecular weight is 400 g/mol. The lowest BCUT2D eigenvalue weighted by Crippen LogP contribution is -2.36. The number of amides is 2. The summed E-state index contributed by atoms with van der Waals surface area (Å²) in [4.78, 5) is 29.0. The second-order valence-electron chi connectivity index (χ2n) is 6.90. The number of carbonyl (C=O) groups excluding carboxylic acids is 2. The normalized spacial score (nSPS) is 13.0. The fourth-order valence-corrected chi connectivity index (χ4v) is 3.80. The van der Waals surface area contributed by atoms with E-state index in [0.29, 0.717) is 24.3 Å². The molecule has 0 atom stereocenters. The Morgan fingerprint density at radius 1 is 1.14 bits per heavy atom. The van der Waals surface area contributed by atoms with Crippen LogP contribution in [0.2, 0.25) is 5.02 Å². The van der Waals surface area contributed by atoms with Gasteiger partial charge in [0.05, 0.1) is 6.54 Å². The van der Waals surface area contributed by atoms with Crippen molar-refractivity contribution in [2.75, 3.05) is 36.4 Å². The Morgan fingerprint density at radius 3 is 2.68 bits per heavy atom. The third-order valence-corrected chi connectivity index (χ3v) is 5.27. The van der Waals surface area contributed by atoms with E-state index in [4.69, 9.17) is 11.6 Å². The number of benzene rings is 2. The van der Waals surface area contributed by atoms with Crippen molar-refractivity contribution >= 4 is 34.8 Å². The van der Waals surface area contributed by atoms with Crippen molar-refractivity contribution in [1.82, 2.24) is 4.90 Å². The Hall–Kier alpha value is -2.53. The highest BCUT2D eigenvalue weighted by atomic mass is 35.5. The first-order chi connectivity index (χ1) is 13.5. The number of anilines is 2. The minimum Gasteiger partial charge on any atom is -0.362 e. The maximum atomic E-state index is 12.6. The summed E-state index contributed by atoms with van der Waals surface area (Å²) in [5.74, 6) is -0.127. The highest BCUT2D eigenvalue weighted by molar-refractivity contribution is 6.30. The minimum atomic E-state index is -0.102. The third-order valence-electron chi connectivity index (χ3n) is 5.03. The second-order valence-corrected chi connectivity index (χ2v) is 7.34. The number of hydrogen-bond donors (Lipinski definition) is 1. The Bertz CT molecular complexity index is 865. The van der Waals surface area contributed by atoms with E-state index in [0.717, 1.165) is 30.1 Å². The number of aryl methyl sites for hydroxylation is 1. The molecule has 1 heterocycles. The van der Waals surface area contributed by atoms with Gasteiger partial charge in [0.15, 0.2) is 0 Å². The van der Waals surface area contributed by atoms with Crippen molar-refractivity contribution in [3.05, 3.63) is 58.6 Å². The van der Waals surface area contributed by atoms with Crippen molar-refractivity contribution in [3.8, 4) is 0 Å². The van der Waals surface area contributed by atoms with Crippen LogP contribution in [0.15, 0.2) is 42.5 Å². The van der Waals surface area contributed by atoms with Gasteiger partial charge >= 0.3 is 0 Å². The zero-order valence-electron chi connectivity index (χ0n) is 16.4. The molecule has 2 aromatic rings. The monoisotopic (exact) mass is 399 g/mol. The Labute approximate surface area is 171 Å². The van der Waals surface area contributed by atoms with E-state index in [2.05, 4.69) is 10.2 Å². The molecule has 0 spiro atoms. The molecule has 2 amide bonds. The average Bonchev–Trinajstić information content (AvgIpc) is 2.69. The van der Waals surface area contributed by atoms with Crippen LogP contribution in [0.25, 0.3) is 0 Å². The topological polar surface area (TPSA) is 52.7 Å². The summed E-state index contributed by atoms with van der Waals surface area (Å²) in [6.07, 6.45) is 1.97. The molecular weight excluding hydrogens is 374 g/mol. The Morgan fingerprint density at radius 2 is 1.93 bits per heavy atom. The van der Waals surface area contributed by atoms with Crippen LogP contribution in [0.4, 0.5) is 11.4 Å². The molecule has 0 saturated carbocycles. The molecule has 0 aliphatic carbocycles. The van der Waals surface area contributed by atoms with E-state index in [1.165, 1.54) is 5.56 Å². The highest BCUT2D eigenvalue weighted by Gasteiger charge is 2.20. The van der Waals surface area contributed by atoms with Gasteiger partial charge in [0.1, 0.15) is 0 Å². The van der Waals surface area contributed by atoms with Crippen LogP contribution in [-0.2, 0) is 11.2 Å². The van der Waals surface area contributed by atoms with E-state index < -0.39 is 0 Å². The van der Waals surface area contributed by atoms with Gasteiger partial charge in [-0.05, 0) is 68.7 Å². The van der Waals surface area contributed by atoms with Gasteiger partial charge < -0.3 is 15.1 Å². The van der Waals surface area contributed by atoms with Gasteiger partial charge in [-0.25, -0.2) is 0 Å². The van der Waals surface area contributed by atoms with Gasteiger partial charge in [-0.1, -0.05) is 17.7 Å². The number of halogens is 1. The number of carbonyl (C=O) groups is 2. The molecule has 1 aliphatic rings. The number of nitrogens with zero attached hydrogens (tertiary/aromatic N) is 2. The molecule has 1 aliphatic heterocycles. The molecule has 0 aromatic heterocycles. The van der Waals surface area contributed by atoms with Gasteiger partial charge in [0.25, 0.3) is 5.91 Å². The molecule has 1 N–H and O–H groups in total. The van der Waals surface area contributed by atoms with Gasteiger partial charge in [0, 0.05) is 41.6 Å². The predicted molar refractivity (Wildman–Crippen MR) is 114 cm³/mol. The van der Waals surface area contributed by atoms with Crippen LogP contribution in [0.5, 0.6) is 0 Å². The summed E-state index contributed by atoms with van der Waals surface area (Å²) >= 11 is 6.09. The first kappa shape index (κ1) is 20.2. The van der Waals surface area contributed by atoms with E-state index in [1.54, 1.807) is 29.2 Å². The zero-order valence-corrected chi connectivity index (χ0v) is 17.1. The molecule has 148 valence electrons. The Balaban J connectivity index is 1.68. The predicted octanol–water partition coefficient (Wildman–Crippen LogP) is 4.21. The summed E-state index contributed by atoms with van der Waals surface area (Å²) in [6.45, 7) is 6.33. The van der Waals surface area contributed by atoms with Crippen LogP contribution in [0.1, 0.15) is 36.2 Å². The largest absolute Gasteiger partial charge is 0.362 e. The molecule has 28 heavy (non-hydrogen) atoms. The highest BCUT2D eigenvalue weighted by Crippen LogP contribution is 2.29. The molecule has 6 heteroatoms. The maximum absolute atomic E-state index is 12.6. The molecule has 3 rings (SSSR count). The summed E-state index contributed by atoms with van der Waals surface area (Å²) < 4.78 is 0. The molecule has 0 saturated heterocycles. The van der Waals surface area contributed by atoms with Crippen molar-refractivity contribution in [2.24, 2.45) is 0 Å². The zero-order chi connectivity index (χ0) is 20.1.